The number of ether oxygens (including phenoxy) is 1. The number of aliphatic hydroxyl groups is 2. The lowest BCUT2D eigenvalue weighted by atomic mass is 10.5. The second-order valence-electron chi connectivity index (χ2n) is 2.06. The van der Waals surface area contributed by atoms with Gasteiger partial charge in [0.2, 0.25) is 0 Å². The maximum absolute atomic E-state index is 9.11. The van der Waals surface area contributed by atoms with Crippen molar-refractivity contribution in [1.82, 2.24) is 4.98 Å². The van der Waals surface area contributed by atoms with Crippen LogP contribution in [-0.2, 0) is 10.7 Å². The minimum absolute atomic E-state index is 0.289. The van der Waals surface area contributed by atoms with Crippen molar-refractivity contribution >= 4 is 11.3 Å². The number of rotatable bonds is 2. The first-order valence-corrected chi connectivity index (χ1v) is 4.80. The fraction of sp³-hybridized carbons (Fsp3) is 0.625. The van der Waals surface area contributed by atoms with E-state index in [2.05, 4.69) is 9.72 Å². The second kappa shape index (κ2) is 5.29. The smallest absolute Gasteiger partial charge is 0.318 e. The van der Waals surface area contributed by atoms with Gasteiger partial charge in [0.1, 0.15) is 4.88 Å². The summed E-state index contributed by atoms with van der Waals surface area (Å²) in [5, 5.41) is 19.0. The quantitative estimate of drug-likeness (QED) is 0.713. The molecule has 0 saturated carbocycles. The molecule has 76 valence electrons. The summed E-state index contributed by atoms with van der Waals surface area (Å²) in [5.74, 6) is -2.19. The molecule has 0 atom stereocenters. The van der Waals surface area contributed by atoms with Gasteiger partial charge < -0.3 is 14.9 Å². The van der Waals surface area contributed by atoms with Crippen LogP contribution in [0.15, 0.2) is 6.20 Å². The largest absolute Gasteiger partial charge is 0.339 e. The number of thiazole rings is 1. The van der Waals surface area contributed by atoms with Gasteiger partial charge in [0.25, 0.3) is 0 Å². The lowest BCUT2D eigenvalue weighted by molar-refractivity contribution is -0.336. The topological polar surface area (TPSA) is 62.6 Å². The van der Waals surface area contributed by atoms with Gasteiger partial charge in [-0.1, -0.05) is 13.8 Å². The molecule has 0 unspecified atom stereocenters. The molecule has 0 aliphatic rings. The second-order valence-corrected chi connectivity index (χ2v) is 3.29. The highest BCUT2D eigenvalue weighted by Gasteiger charge is 2.27. The Morgan fingerprint density at radius 2 is 2.00 bits per heavy atom. The van der Waals surface area contributed by atoms with Gasteiger partial charge in [-0.25, -0.2) is 4.98 Å². The van der Waals surface area contributed by atoms with Crippen LogP contribution in [0.4, 0.5) is 0 Å². The summed E-state index contributed by atoms with van der Waals surface area (Å²) >= 11 is 1.18. The molecular formula is C8H15NO3S. The predicted molar refractivity (Wildman–Crippen MR) is 51.3 cm³/mol. The third-order valence-electron chi connectivity index (χ3n) is 1.23. The summed E-state index contributed by atoms with van der Waals surface area (Å²) < 4.78 is 4.42. The highest BCUT2D eigenvalue weighted by molar-refractivity contribution is 7.11. The molecule has 0 spiro atoms. The highest BCUT2D eigenvalue weighted by atomic mass is 32.1. The Kier molecular flexibility index (Phi) is 5.09. The Morgan fingerprint density at radius 1 is 1.46 bits per heavy atom. The van der Waals surface area contributed by atoms with Crippen LogP contribution in [0.2, 0.25) is 0 Å². The van der Waals surface area contributed by atoms with Crippen molar-refractivity contribution in [3.63, 3.8) is 0 Å². The standard InChI is InChI=1S/C6H9NO3S.C2H6/c1-4-7-3-5(11-4)6(8,9)10-2;1-2/h3,8-9H,1-2H3;1-2H3. The van der Waals surface area contributed by atoms with E-state index in [-0.39, 0.29) is 4.88 Å². The monoisotopic (exact) mass is 205 g/mol. The summed E-state index contributed by atoms with van der Waals surface area (Å²) in [6.07, 6.45) is 1.38. The predicted octanol–water partition coefficient (Wildman–Crippen LogP) is 1.22. The average molecular weight is 205 g/mol. The zero-order valence-electron chi connectivity index (χ0n) is 8.24. The minimum Gasteiger partial charge on any atom is -0.339 e. The molecule has 2 N–H and O–H groups in total. The van der Waals surface area contributed by atoms with E-state index in [1.807, 2.05) is 13.8 Å². The van der Waals surface area contributed by atoms with Crippen LogP contribution in [0.5, 0.6) is 0 Å². The Hall–Kier alpha value is -0.490. The summed E-state index contributed by atoms with van der Waals surface area (Å²) in [5.41, 5.74) is 0. The van der Waals surface area contributed by atoms with E-state index in [0.29, 0.717) is 0 Å². The number of aromatic nitrogens is 1. The van der Waals surface area contributed by atoms with E-state index < -0.39 is 5.97 Å². The van der Waals surface area contributed by atoms with Crippen LogP contribution < -0.4 is 0 Å². The van der Waals surface area contributed by atoms with E-state index in [4.69, 9.17) is 10.2 Å². The van der Waals surface area contributed by atoms with E-state index in [9.17, 15) is 0 Å². The van der Waals surface area contributed by atoms with Crippen molar-refractivity contribution in [2.45, 2.75) is 26.7 Å². The Bertz CT molecular complexity index is 247. The van der Waals surface area contributed by atoms with E-state index in [1.165, 1.54) is 24.6 Å². The van der Waals surface area contributed by atoms with Gasteiger partial charge in [0.05, 0.1) is 5.01 Å². The Labute approximate surface area is 81.8 Å². The molecule has 13 heavy (non-hydrogen) atoms. The van der Waals surface area contributed by atoms with Gasteiger partial charge in [0.15, 0.2) is 0 Å². The molecule has 4 nitrogen and oxygen atoms in total. The molecule has 1 aromatic heterocycles. The molecule has 0 aliphatic heterocycles. The molecule has 5 heteroatoms. The number of methoxy groups -OCH3 is 1. The molecule has 1 heterocycles. The number of aryl methyl sites for hydroxylation is 1. The molecule has 1 aromatic rings. The number of hydrogen-bond donors (Lipinski definition) is 2. The molecule has 0 bridgehead atoms. The van der Waals surface area contributed by atoms with Gasteiger partial charge in [0, 0.05) is 13.3 Å². The Morgan fingerprint density at radius 3 is 2.31 bits per heavy atom. The fourth-order valence-corrected chi connectivity index (χ4v) is 1.36. The molecule has 0 saturated heterocycles. The van der Waals surface area contributed by atoms with Crippen molar-refractivity contribution in [2.75, 3.05) is 7.11 Å². The molecule has 0 aliphatic carbocycles. The molecular weight excluding hydrogens is 190 g/mol. The van der Waals surface area contributed by atoms with Crippen LogP contribution in [-0.4, -0.2) is 22.3 Å². The van der Waals surface area contributed by atoms with Crippen molar-refractivity contribution in [1.29, 1.82) is 0 Å². The van der Waals surface area contributed by atoms with Gasteiger partial charge in [-0.15, -0.1) is 11.3 Å². The van der Waals surface area contributed by atoms with E-state index in [0.717, 1.165) is 5.01 Å². The lowest BCUT2D eigenvalue weighted by Gasteiger charge is -2.15. The minimum atomic E-state index is -2.19. The molecule has 0 radical (unpaired) electrons. The third-order valence-corrected chi connectivity index (χ3v) is 2.22. The van der Waals surface area contributed by atoms with Crippen LogP contribution in [0.25, 0.3) is 0 Å². The molecule has 0 aromatic carbocycles. The van der Waals surface area contributed by atoms with Crippen LogP contribution >= 0.6 is 11.3 Å². The third kappa shape index (κ3) is 3.40. The number of nitrogens with zero attached hydrogens (tertiary/aromatic N) is 1. The molecule has 0 amide bonds. The molecule has 0 fully saturated rings. The van der Waals surface area contributed by atoms with Crippen molar-refractivity contribution in [3.8, 4) is 0 Å². The maximum atomic E-state index is 9.11. The Balaban J connectivity index is 0.000000671. The first-order chi connectivity index (χ1) is 6.06. The fourth-order valence-electron chi connectivity index (χ4n) is 0.613. The van der Waals surface area contributed by atoms with Crippen molar-refractivity contribution < 1.29 is 14.9 Å². The average Bonchev–Trinajstić information content (AvgIpc) is 2.56. The normalized spacial score (nSPS) is 10.6. The molecule has 1 rings (SSSR count). The zero-order valence-corrected chi connectivity index (χ0v) is 9.05. The van der Waals surface area contributed by atoms with Crippen LogP contribution in [0, 0.1) is 6.92 Å². The van der Waals surface area contributed by atoms with E-state index in [1.54, 1.807) is 6.92 Å². The van der Waals surface area contributed by atoms with Gasteiger partial charge in [-0.3, -0.25) is 0 Å². The van der Waals surface area contributed by atoms with Gasteiger partial charge in [-0.2, -0.15) is 0 Å². The maximum Gasteiger partial charge on any atom is 0.318 e. The summed E-state index contributed by atoms with van der Waals surface area (Å²) in [7, 11) is 1.22. The first kappa shape index (κ1) is 12.5. The van der Waals surface area contributed by atoms with Crippen LogP contribution in [0.3, 0.4) is 0 Å². The summed E-state index contributed by atoms with van der Waals surface area (Å²) in [4.78, 5) is 4.14. The number of hydrogen-bond acceptors (Lipinski definition) is 5. The lowest BCUT2D eigenvalue weighted by Crippen LogP contribution is -2.25. The van der Waals surface area contributed by atoms with E-state index >= 15 is 0 Å². The summed E-state index contributed by atoms with van der Waals surface area (Å²) in [6, 6.07) is 0. The first-order valence-electron chi connectivity index (χ1n) is 3.99. The van der Waals surface area contributed by atoms with Crippen molar-refractivity contribution in [3.05, 3.63) is 16.1 Å². The van der Waals surface area contributed by atoms with Crippen molar-refractivity contribution in [2.24, 2.45) is 0 Å². The zero-order chi connectivity index (χ0) is 10.5. The summed E-state index contributed by atoms with van der Waals surface area (Å²) in [6.45, 7) is 5.78. The highest BCUT2D eigenvalue weighted by Crippen LogP contribution is 2.23. The van der Waals surface area contributed by atoms with Gasteiger partial charge in [-0.05, 0) is 6.92 Å². The van der Waals surface area contributed by atoms with Crippen LogP contribution in [0.1, 0.15) is 23.7 Å². The van der Waals surface area contributed by atoms with Gasteiger partial charge >= 0.3 is 5.97 Å². The SMILES string of the molecule is CC.COC(O)(O)c1cnc(C)s1.